The van der Waals surface area contributed by atoms with Crippen LogP contribution in [0.2, 0.25) is 10.0 Å². The number of rotatable bonds is 4. The van der Waals surface area contributed by atoms with E-state index in [1.54, 1.807) is 17.4 Å². The average molecular weight is 287 g/mol. The highest BCUT2D eigenvalue weighted by molar-refractivity contribution is 7.11. The van der Waals surface area contributed by atoms with Gasteiger partial charge in [-0.2, -0.15) is 0 Å². The Morgan fingerprint density at radius 3 is 2.47 bits per heavy atom. The van der Waals surface area contributed by atoms with Gasteiger partial charge >= 0.3 is 0 Å². The molecule has 2 rings (SSSR count). The highest BCUT2D eigenvalue weighted by Crippen LogP contribution is 2.19. The molecule has 0 atom stereocenters. The Kier molecular flexibility index (Phi) is 4.40. The second-order valence-corrected chi connectivity index (χ2v) is 5.92. The van der Waals surface area contributed by atoms with Crippen LogP contribution < -0.4 is 5.32 Å². The van der Waals surface area contributed by atoms with Crippen LogP contribution in [0.1, 0.15) is 15.4 Å². The molecule has 2 nitrogen and oxygen atoms in total. The maximum absolute atomic E-state index is 5.93. The van der Waals surface area contributed by atoms with Crippen molar-refractivity contribution < 1.29 is 0 Å². The molecule has 0 aliphatic heterocycles. The molecule has 0 spiro atoms. The van der Waals surface area contributed by atoms with E-state index >= 15 is 0 Å². The van der Waals surface area contributed by atoms with Gasteiger partial charge in [0.2, 0.25) is 0 Å². The minimum absolute atomic E-state index is 0.669. The molecule has 0 aliphatic rings. The lowest BCUT2D eigenvalue weighted by molar-refractivity contribution is 0.700. The zero-order valence-corrected chi connectivity index (χ0v) is 11.7. The number of thiazole rings is 1. The van der Waals surface area contributed by atoms with Gasteiger partial charge in [-0.3, -0.25) is 0 Å². The normalized spacial score (nSPS) is 10.8. The summed E-state index contributed by atoms with van der Waals surface area (Å²) in [5, 5.41) is 5.77. The lowest BCUT2D eigenvalue weighted by atomic mass is 10.2. The van der Waals surface area contributed by atoms with Gasteiger partial charge in [0.1, 0.15) is 0 Å². The Bertz CT molecular complexity index is 491. The van der Waals surface area contributed by atoms with Gasteiger partial charge in [0, 0.05) is 34.2 Å². The van der Waals surface area contributed by atoms with Gasteiger partial charge in [-0.05, 0) is 30.7 Å². The molecule has 90 valence electrons. The highest BCUT2D eigenvalue weighted by Gasteiger charge is 2.00. The van der Waals surface area contributed by atoms with Gasteiger partial charge in [-0.25, -0.2) is 4.98 Å². The lowest BCUT2D eigenvalue weighted by Crippen LogP contribution is -2.11. The summed E-state index contributed by atoms with van der Waals surface area (Å²) in [6.45, 7) is 3.57. The quantitative estimate of drug-likeness (QED) is 0.917. The van der Waals surface area contributed by atoms with E-state index in [1.807, 2.05) is 25.3 Å². The Hall–Kier alpha value is -0.610. The third-order valence-corrected chi connectivity index (χ3v) is 3.57. The SMILES string of the molecule is Cc1ncc(CNCc2cc(Cl)cc(Cl)c2)s1. The number of hydrogen-bond acceptors (Lipinski definition) is 3. The number of aryl methyl sites for hydroxylation is 1. The molecule has 0 saturated heterocycles. The summed E-state index contributed by atoms with van der Waals surface area (Å²) in [7, 11) is 0. The fraction of sp³-hybridized carbons (Fsp3) is 0.250. The Labute approximate surface area is 115 Å². The molecule has 0 aliphatic carbocycles. The van der Waals surface area contributed by atoms with Gasteiger partial charge < -0.3 is 5.32 Å². The Balaban J connectivity index is 1.89. The molecule has 0 fully saturated rings. The highest BCUT2D eigenvalue weighted by atomic mass is 35.5. The van der Waals surface area contributed by atoms with Crippen LogP contribution in [0, 0.1) is 6.92 Å². The van der Waals surface area contributed by atoms with Crippen LogP contribution in [0.4, 0.5) is 0 Å². The van der Waals surface area contributed by atoms with Crippen molar-refractivity contribution >= 4 is 34.5 Å². The summed E-state index contributed by atoms with van der Waals surface area (Å²) in [4.78, 5) is 5.44. The monoisotopic (exact) mass is 286 g/mol. The molecule has 0 radical (unpaired) electrons. The second-order valence-electron chi connectivity index (χ2n) is 3.73. The van der Waals surface area contributed by atoms with Gasteiger partial charge in [0.15, 0.2) is 0 Å². The summed E-state index contributed by atoms with van der Waals surface area (Å²) < 4.78 is 0. The number of benzene rings is 1. The minimum atomic E-state index is 0.669. The molecule has 5 heteroatoms. The summed E-state index contributed by atoms with van der Waals surface area (Å²) in [5.41, 5.74) is 1.09. The van der Waals surface area contributed by atoms with Crippen LogP contribution in [-0.2, 0) is 13.1 Å². The Morgan fingerprint density at radius 1 is 1.18 bits per heavy atom. The van der Waals surface area contributed by atoms with Gasteiger partial charge in [0.05, 0.1) is 5.01 Å². The number of nitrogens with one attached hydrogen (secondary N) is 1. The molecule has 2 aromatic rings. The maximum atomic E-state index is 5.93. The van der Waals surface area contributed by atoms with Gasteiger partial charge in [-0.1, -0.05) is 23.2 Å². The fourth-order valence-electron chi connectivity index (χ4n) is 1.53. The molecular weight excluding hydrogens is 275 g/mol. The lowest BCUT2D eigenvalue weighted by Gasteiger charge is -2.04. The van der Waals surface area contributed by atoms with E-state index in [1.165, 1.54) is 4.88 Å². The van der Waals surface area contributed by atoms with Crippen molar-refractivity contribution in [2.75, 3.05) is 0 Å². The second kappa shape index (κ2) is 5.83. The number of hydrogen-bond donors (Lipinski definition) is 1. The zero-order chi connectivity index (χ0) is 12.3. The smallest absolute Gasteiger partial charge is 0.0897 e. The van der Waals surface area contributed by atoms with E-state index in [4.69, 9.17) is 23.2 Å². The van der Waals surface area contributed by atoms with E-state index < -0.39 is 0 Å². The van der Waals surface area contributed by atoms with E-state index in [2.05, 4.69) is 10.3 Å². The molecule has 1 aromatic heterocycles. The van der Waals surface area contributed by atoms with E-state index in [0.29, 0.717) is 10.0 Å². The van der Waals surface area contributed by atoms with Crippen molar-refractivity contribution in [1.82, 2.24) is 10.3 Å². The molecule has 0 amide bonds. The molecule has 0 saturated carbocycles. The fourth-order valence-corrected chi connectivity index (χ4v) is 2.87. The summed E-state index contributed by atoms with van der Waals surface area (Å²) >= 11 is 13.6. The van der Waals surface area contributed by atoms with E-state index in [-0.39, 0.29) is 0 Å². The van der Waals surface area contributed by atoms with Crippen molar-refractivity contribution in [3.05, 3.63) is 49.9 Å². The van der Waals surface area contributed by atoms with Crippen molar-refractivity contribution in [2.24, 2.45) is 0 Å². The molecule has 0 bridgehead atoms. The standard InChI is InChI=1S/C12H12Cl2N2S/c1-8-16-7-12(17-8)6-15-5-9-2-10(13)4-11(14)3-9/h2-4,7,15H,5-6H2,1H3. The van der Waals surface area contributed by atoms with Crippen LogP contribution >= 0.6 is 34.5 Å². The largest absolute Gasteiger partial charge is 0.308 e. The van der Waals surface area contributed by atoms with E-state index in [0.717, 1.165) is 23.7 Å². The maximum Gasteiger partial charge on any atom is 0.0897 e. The first-order valence-electron chi connectivity index (χ1n) is 5.20. The van der Waals surface area contributed by atoms with Crippen LogP contribution in [0.15, 0.2) is 24.4 Å². The molecule has 1 N–H and O–H groups in total. The number of aromatic nitrogens is 1. The first-order valence-corrected chi connectivity index (χ1v) is 6.78. The molecule has 1 heterocycles. The van der Waals surface area contributed by atoms with Crippen LogP contribution in [-0.4, -0.2) is 4.98 Å². The third-order valence-electron chi connectivity index (χ3n) is 2.22. The first kappa shape index (κ1) is 12.8. The molecule has 0 unspecified atom stereocenters. The molecular formula is C12H12Cl2N2S. The Morgan fingerprint density at radius 2 is 1.88 bits per heavy atom. The predicted octanol–water partition coefficient (Wildman–Crippen LogP) is 4.05. The average Bonchev–Trinajstić information content (AvgIpc) is 2.63. The minimum Gasteiger partial charge on any atom is -0.308 e. The van der Waals surface area contributed by atoms with Gasteiger partial charge in [-0.15, -0.1) is 11.3 Å². The zero-order valence-electron chi connectivity index (χ0n) is 9.34. The molecule has 1 aromatic carbocycles. The summed E-state index contributed by atoms with van der Waals surface area (Å²) in [6, 6.07) is 5.57. The summed E-state index contributed by atoms with van der Waals surface area (Å²) in [5.74, 6) is 0. The predicted molar refractivity (Wildman–Crippen MR) is 73.9 cm³/mol. The van der Waals surface area contributed by atoms with Crippen LogP contribution in [0.25, 0.3) is 0 Å². The van der Waals surface area contributed by atoms with Crippen molar-refractivity contribution in [3.63, 3.8) is 0 Å². The van der Waals surface area contributed by atoms with Crippen LogP contribution in [0.3, 0.4) is 0 Å². The number of nitrogens with zero attached hydrogens (tertiary/aromatic N) is 1. The first-order chi connectivity index (χ1) is 8.13. The van der Waals surface area contributed by atoms with Crippen molar-refractivity contribution in [3.8, 4) is 0 Å². The topological polar surface area (TPSA) is 24.9 Å². The summed E-state index contributed by atoms with van der Waals surface area (Å²) in [6.07, 6.45) is 1.90. The number of halogens is 2. The van der Waals surface area contributed by atoms with Crippen molar-refractivity contribution in [2.45, 2.75) is 20.0 Å². The third kappa shape index (κ3) is 3.96. The molecule has 17 heavy (non-hydrogen) atoms. The van der Waals surface area contributed by atoms with Crippen LogP contribution in [0.5, 0.6) is 0 Å². The van der Waals surface area contributed by atoms with Gasteiger partial charge in [0.25, 0.3) is 0 Å². The van der Waals surface area contributed by atoms with Crippen molar-refractivity contribution in [1.29, 1.82) is 0 Å². The van der Waals surface area contributed by atoms with E-state index in [9.17, 15) is 0 Å².